The summed E-state index contributed by atoms with van der Waals surface area (Å²) < 4.78 is 134. The molecule has 0 spiro atoms. The van der Waals surface area contributed by atoms with E-state index >= 15 is 0 Å². The van der Waals surface area contributed by atoms with Crippen LogP contribution in [0.3, 0.4) is 0 Å². The fraction of sp³-hybridized carbons (Fsp3) is 0.500. The maximum atomic E-state index is 13.2. The summed E-state index contributed by atoms with van der Waals surface area (Å²) in [4.78, 5) is 0. The minimum atomic E-state index is -1.63. The Labute approximate surface area is 334 Å². The summed E-state index contributed by atoms with van der Waals surface area (Å²) in [7, 11) is 0. The Hall–Kier alpha value is -3.01. The second-order valence-electron chi connectivity index (χ2n) is 11.2. The Morgan fingerprint density at radius 3 is 1.00 bits per heavy atom. The van der Waals surface area contributed by atoms with Crippen LogP contribution in [-0.4, -0.2) is 66.1 Å². The van der Waals surface area contributed by atoms with E-state index in [0.29, 0.717) is 39.6 Å². The maximum Gasteiger partial charge on any atom is 4.00 e. The molecule has 0 N–H and O–H groups in total. The number of hydrogen-bond acceptors (Lipinski definition) is 6. The summed E-state index contributed by atoms with van der Waals surface area (Å²) in [6, 6.07) is 2.54. The Morgan fingerprint density at radius 2 is 0.764 bits per heavy atom. The Bertz CT molecular complexity index is 1320. The van der Waals surface area contributed by atoms with Gasteiger partial charge in [0.1, 0.15) is 13.2 Å². The predicted octanol–water partition coefficient (Wildman–Crippen LogP) is 9.90. The number of rotatable bonds is 20. The fourth-order valence-electron chi connectivity index (χ4n) is 3.83. The Balaban J connectivity index is 0.000000799. The summed E-state index contributed by atoms with van der Waals surface area (Å²) in [6.45, 7) is 10.4. The number of ether oxygens (including phenoxy) is 6. The average Bonchev–Trinajstić information content (AvgIpc) is 3.85. The van der Waals surface area contributed by atoms with E-state index in [1.807, 2.05) is 13.8 Å². The van der Waals surface area contributed by atoms with Crippen LogP contribution in [0.25, 0.3) is 0 Å². The molecule has 4 rings (SSSR count). The van der Waals surface area contributed by atoms with Crippen molar-refractivity contribution in [2.45, 2.75) is 66.2 Å². The third-order valence-corrected chi connectivity index (χ3v) is 6.72. The monoisotopic (exact) mass is 824 g/mol. The molecule has 0 bridgehead atoms. The molecule has 304 valence electrons. The van der Waals surface area contributed by atoms with Crippen LogP contribution in [0.15, 0.2) is 35.5 Å². The topological polar surface area (TPSA) is 55.4 Å². The van der Waals surface area contributed by atoms with E-state index in [4.69, 9.17) is 18.9 Å². The Kier molecular flexibility index (Phi) is 30.4. The van der Waals surface area contributed by atoms with Gasteiger partial charge < -0.3 is 28.4 Å². The molecule has 6 nitrogen and oxygen atoms in total. The number of unbranched alkanes of at least 4 members (excludes halogenated alkanes) is 2. The summed E-state index contributed by atoms with van der Waals surface area (Å²) >= 11 is 0. The van der Waals surface area contributed by atoms with Gasteiger partial charge in [-0.25, -0.2) is 40.9 Å². The quantitative estimate of drug-likeness (QED) is 0.0436. The second-order valence-corrected chi connectivity index (χ2v) is 11.2. The fourth-order valence-corrected chi connectivity index (χ4v) is 3.83. The van der Waals surface area contributed by atoms with Crippen LogP contribution in [0.2, 0.25) is 0 Å². The molecule has 2 aliphatic rings. The maximum absolute atomic E-state index is 13.2. The summed E-state index contributed by atoms with van der Waals surface area (Å²) in [5.74, 6) is -15.2. The van der Waals surface area contributed by atoms with Gasteiger partial charge in [-0.2, -0.15) is 12.2 Å². The van der Waals surface area contributed by atoms with Gasteiger partial charge in [-0.15, -0.1) is 25.0 Å². The van der Waals surface area contributed by atoms with E-state index in [-0.39, 0.29) is 48.1 Å². The van der Waals surface area contributed by atoms with E-state index in [9.17, 15) is 35.1 Å². The molecule has 0 saturated heterocycles. The molecule has 2 aromatic carbocycles. The van der Waals surface area contributed by atoms with E-state index < -0.39 is 58.0 Å². The van der Waals surface area contributed by atoms with Crippen molar-refractivity contribution in [3.05, 3.63) is 106 Å². The van der Waals surface area contributed by atoms with Gasteiger partial charge in [-0.05, 0) is 12.8 Å². The van der Waals surface area contributed by atoms with Crippen molar-refractivity contribution < 1.29 is 85.3 Å². The van der Waals surface area contributed by atoms with Gasteiger partial charge in [0.25, 0.3) is 0 Å². The van der Waals surface area contributed by atoms with E-state index in [1.165, 1.54) is 23.3 Å². The number of allylic oxidation sites excluding steroid dienone is 8. The van der Waals surface area contributed by atoms with Crippen LogP contribution < -0.4 is 9.47 Å². The van der Waals surface area contributed by atoms with Gasteiger partial charge >= 0.3 is 21.7 Å². The van der Waals surface area contributed by atoms with E-state index in [0.717, 1.165) is 38.5 Å². The van der Waals surface area contributed by atoms with Crippen molar-refractivity contribution in [3.63, 3.8) is 0 Å². The summed E-state index contributed by atoms with van der Waals surface area (Å²) in [5, 5.41) is 0. The van der Waals surface area contributed by atoms with Crippen LogP contribution in [0.5, 0.6) is 11.5 Å². The molecule has 0 unspecified atom stereocenters. The van der Waals surface area contributed by atoms with Crippen molar-refractivity contribution in [2.24, 2.45) is 0 Å². The smallest absolute Gasteiger partial charge is 0.511 e. The molecule has 0 aliphatic heterocycles. The van der Waals surface area contributed by atoms with Crippen molar-refractivity contribution in [1.29, 1.82) is 0 Å². The van der Waals surface area contributed by atoms with Crippen LogP contribution in [0, 0.1) is 70.8 Å². The van der Waals surface area contributed by atoms with Crippen LogP contribution in [-0.2, 0) is 40.7 Å². The van der Waals surface area contributed by atoms with Gasteiger partial charge in [-0.3, -0.25) is 29.7 Å². The molecular formula is C40H48F8O6Ti. The van der Waals surface area contributed by atoms with Crippen LogP contribution in [0.4, 0.5) is 35.1 Å². The normalized spacial score (nSPS) is 12.4. The molecule has 55 heavy (non-hydrogen) atoms. The van der Waals surface area contributed by atoms with Crippen LogP contribution in [0.1, 0.15) is 66.2 Å². The molecule has 0 fully saturated rings. The largest absolute Gasteiger partial charge is 4.00 e. The Morgan fingerprint density at radius 1 is 0.473 bits per heavy atom. The first kappa shape index (κ1) is 52.0. The average molecular weight is 825 g/mol. The van der Waals surface area contributed by atoms with Crippen molar-refractivity contribution in [3.8, 4) is 11.5 Å². The molecule has 0 radical (unpaired) electrons. The molecule has 15 heteroatoms. The molecule has 2 aromatic rings. The van der Waals surface area contributed by atoms with Crippen molar-refractivity contribution in [2.75, 3.05) is 66.1 Å². The van der Waals surface area contributed by atoms with Gasteiger partial charge in [-0.1, -0.05) is 40.5 Å². The van der Waals surface area contributed by atoms with Crippen molar-refractivity contribution in [1.82, 2.24) is 0 Å². The third kappa shape index (κ3) is 23.0. The molecule has 2 aliphatic carbocycles. The standard InChI is InChI=1S/2C14H17F4O3.2C6H7.Ti/c2*1-2-3-4-19-5-6-20-7-8-21-14-12(17)10(15)9-11(16)13(14)18;2*1-6-4-2-3-5-6;/h2*2-8H2,1H3;2*2,4H,3H2,1H3;/q4*-1;+4. The number of benzene rings is 2. The second kappa shape index (κ2) is 32.1. The molecule has 0 amide bonds. The first-order valence-corrected chi connectivity index (χ1v) is 17.5. The van der Waals surface area contributed by atoms with E-state index in [2.05, 4.69) is 59.8 Å². The zero-order valence-electron chi connectivity index (χ0n) is 31.6. The van der Waals surface area contributed by atoms with Gasteiger partial charge in [0.2, 0.25) is 0 Å². The first-order valence-electron chi connectivity index (χ1n) is 17.5. The van der Waals surface area contributed by atoms with Crippen LogP contribution >= 0.6 is 0 Å². The molecular weight excluding hydrogens is 776 g/mol. The van der Waals surface area contributed by atoms with E-state index in [1.54, 1.807) is 0 Å². The molecule has 0 aromatic heterocycles. The predicted molar refractivity (Wildman–Crippen MR) is 187 cm³/mol. The number of halogens is 8. The molecule has 0 saturated carbocycles. The minimum Gasteiger partial charge on any atom is -0.511 e. The first-order chi connectivity index (χ1) is 25.9. The summed E-state index contributed by atoms with van der Waals surface area (Å²) in [6.07, 6.45) is 20.7. The zero-order valence-corrected chi connectivity index (χ0v) is 33.2. The SMILES string of the molecule is CC1=[C-]CC=C1.CC1=[C-]CC=C1.CCCCOCCOCCOc1c(F)c(F)[c-]c(F)c1F.CCCCOCCOCCOc1c(F)c(F)[c-]c(F)c1F.[Ti+4]. The number of hydrogen-bond donors (Lipinski definition) is 0. The minimum absolute atomic E-state index is 0. The summed E-state index contributed by atoms with van der Waals surface area (Å²) in [5.41, 5.74) is 2.55. The zero-order chi connectivity index (χ0) is 40.1. The molecule has 0 atom stereocenters. The van der Waals surface area contributed by atoms with Gasteiger partial charge in [0.05, 0.1) is 97.7 Å². The molecule has 0 heterocycles. The van der Waals surface area contributed by atoms with Crippen molar-refractivity contribution >= 4 is 0 Å². The third-order valence-electron chi connectivity index (χ3n) is 6.72. The van der Waals surface area contributed by atoms with Gasteiger partial charge in [0, 0.05) is 13.2 Å². The van der Waals surface area contributed by atoms with Gasteiger partial charge in [0.15, 0.2) is 0 Å².